The standard InChI is InChI=1S/C23H23F6N3OS/c1-2-16-18(20-30-17(11-34-20)12-6-4-3-5-7-12)19(32-21(33)31-16)13-8-14(22(24,25)26)10-15(9-13)23(27,28)29/h8-12,19H,2-7H2,1H3,(H2,31,32,33). The molecule has 1 aliphatic carbocycles. The molecule has 184 valence electrons. The number of alkyl halides is 6. The number of urea groups is 1. The van der Waals surface area contributed by atoms with Gasteiger partial charge in [0.05, 0.1) is 22.9 Å². The molecule has 0 spiro atoms. The number of carbonyl (C=O) groups excluding carboxylic acids is 1. The molecule has 0 radical (unpaired) electrons. The van der Waals surface area contributed by atoms with E-state index < -0.39 is 35.6 Å². The Morgan fingerprint density at radius 1 is 1.00 bits per heavy atom. The van der Waals surface area contributed by atoms with Crippen LogP contribution in [0, 0.1) is 0 Å². The fraction of sp³-hybridized carbons (Fsp3) is 0.478. The quantitative estimate of drug-likeness (QED) is 0.427. The van der Waals surface area contributed by atoms with E-state index in [2.05, 4.69) is 10.6 Å². The van der Waals surface area contributed by atoms with Crippen molar-refractivity contribution in [2.45, 2.75) is 69.8 Å². The molecule has 2 aromatic rings. The molecule has 1 unspecified atom stereocenters. The summed E-state index contributed by atoms with van der Waals surface area (Å²) in [5, 5.41) is 7.53. The van der Waals surface area contributed by atoms with Crippen molar-refractivity contribution in [3.8, 4) is 0 Å². The third-order valence-electron chi connectivity index (χ3n) is 6.23. The summed E-state index contributed by atoms with van der Waals surface area (Å²) in [7, 11) is 0. The van der Waals surface area contributed by atoms with Crippen LogP contribution in [0.3, 0.4) is 0 Å². The SMILES string of the molecule is CCC1=C(c2nc(C3CCCCC3)cs2)C(c2cc(C(F)(F)F)cc(C(F)(F)F)c2)NC(=O)N1. The van der Waals surface area contributed by atoms with Crippen LogP contribution in [0.5, 0.6) is 0 Å². The van der Waals surface area contributed by atoms with E-state index in [-0.39, 0.29) is 17.5 Å². The van der Waals surface area contributed by atoms with Crippen molar-refractivity contribution in [1.29, 1.82) is 0 Å². The zero-order valence-corrected chi connectivity index (χ0v) is 19.1. The van der Waals surface area contributed by atoms with Crippen LogP contribution in [0.25, 0.3) is 5.57 Å². The van der Waals surface area contributed by atoms with Gasteiger partial charge in [-0.25, -0.2) is 9.78 Å². The Bertz CT molecular complexity index is 1070. The van der Waals surface area contributed by atoms with E-state index >= 15 is 0 Å². The number of aromatic nitrogens is 1. The number of hydrogen-bond donors (Lipinski definition) is 2. The molecule has 2 aliphatic rings. The maximum atomic E-state index is 13.5. The van der Waals surface area contributed by atoms with E-state index in [1.165, 1.54) is 11.3 Å². The van der Waals surface area contributed by atoms with Gasteiger partial charge < -0.3 is 10.6 Å². The molecule has 4 nitrogen and oxygen atoms in total. The predicted molar refractivity (Wildman–Crippen MR) is 116 cm³/mol. The number of nitrogens with zero attached hydrogens (tertiary/aromatic N) is 1. The van der Waals surface area contributed by atoms with Crippen molar-refractivity contribution in [2.75, 3.05) is 0 Å². The summed E-state index contributed by atoms with van der Waals surface area (Å²) < 4.78 is 80.8. The molecule has 2 heterocycles. The molecule has 0 bridgehead atoms. The summed E-state index contributed by atoms with van der Waals surface area (Å²) in [5.41, 5.74) is -1.47. The van der Waals surface area contributed by atoms with E-state index in [4.69, 9.17) is 4.98 Å². The van der Waals surface area contributed by atoms with Gasteiger partial charge in [-0.1, -0.05) is 26.2 Å². The molecule has 1 saturated carbocycles. The van der Waals surface area contributed by atoms with E-state index in [0.717, 1.165) is 37.8 Å². The number of hydrogen-bond acceptors (Lipinski definition) is 3. The van der Waals surface area contributed by atoms with E-state index in [0.29, 0.717) is 34.8 Å². The highest BCUT2D eigenvalue weighted by Gasteiger charge is 2.39. The van der Waals surface area contributed by atoms with Crippen molar-refractivity contribution in [2.24, 2.45) is 0 Å². The molecule has 4 rings (SSSR count). The number of nitrogens with one attached hydrogen (secondary N) is 2. The van der Waals surface area contributed by atoms with Gasteiger partial charge >= 0.3 is 18.4 Å². The van der Waals surface area contributed by atoms with E-state index in [1.807, 2.05) is 5.38 Å². The Balaban J connectivity index is 1.83. The Hall–Kier alpha value is -2.56. The Labute approximate surface area is 196 Å². The molecule has 1 aromatic carbocycles. The fourth-order valence-electron chi connectivity index (χ4n) is 4.54. The molecule has 1 aromatic heterocycles. The lowest BCUT2D eigenvalue weighted by molar-refractivity contribution is -0.143. The summed E-state index contributed by atoms with van der Waals surface area (Å²) >= 11 is 1.28. The molecule has 1 fully saturated rings. The largest absolute Gasteiger partial charge is 0.416 e. The summed E-state index contributed by atoms with van der Waals surface area (Å²) in [6.07, 6.45) is -4.33. The van der Waals surface area contributed by atoms with Crippen molar-refractivity contribution in [3.63, 3.8) is 0 Å². The highest BCUT2D eigenvalue weighted by Crippen LogP contribution is 2.43. The first-order valence-corrected chi connectivity index (χ1v) is 11.9. The lowest BCUT2D eigenvalue weighted by Crippen LogP contribution is -2.43. The van der Waals surface area contributed by atoms with Crippen LogP contribution in [0.4, 0.5) is 31.1 Å². The number of halogens is 6. The van der Waals surface area contributed by atoms with Gasteiger partial charge in [0, 0.05) is 22.6 Å². The highest BCUT2D eigenvalue weighted by atomic mass is 32.1. The van der Waals surface area contributed by atoms with Gasteiger partial charge in [0.1, 0.15) is 5.01 Å². The lowest BCUT2D eigenvalue weighted by Gasteiger charge is -2.30. The number of carbonyl (C=O) groups is 1. The normalized spacial score (nSPS) is 20.3. The van der Waals surface area contributed by atoms with E-state index in [9.17, 15) is 31.1 Å². The van der Waals surface area contributed by atoms with Crippen molar-refractivity contribution < 1.29 is 31.1 Å². The minimum absolute atomic E-state index is 0.0844. The Morgan fingerprint density at radius 3 is 2.18 bits per heavy atom. The van der Waals surface area contributed by atoms with Crippen molar-refractivity contribution in [3.05, 3.63) is 56.7 Å². The monoisotopic (exact) mass is 503 g/mol. The van der Waals surface area contributed by atoms with Crippen LogP contribution in [-0.4, -0.2) is 11.0 Å². The maximum absolute atomic E-state index is 13.5. The van der Waals surface area contributed by atoms with Gasteiger partial charge in [-0.3, -0.25) is 0 Å². The van der Waals surface area contributed by atoms with Gasteiger partial charge in [-0.2, -0.15) is 26.3 Å². The van der Waals surface area contributed by atoms with Crippen molar-refractivity contribution >= 4 is 22.9 Å². The van der Waals surface area contributed by atoms with Crippen LogP contribution in [-0.2, 0) is 12.4 Å². The van der Waals surface area contributed by atoms with Gasteiger partial charge in [0.15, 0.2) is 0 Å². The lowest BCUT2D eigenvalue weighted by atomic mass is 9.87. The average Bonchev–Trinajstić information content (AvgIpc) is 3.27. The molecule has 1 atom stereocenters. The maximum Gasteiger partial charge on any atom is 0.416 e. The van der Waals surface area contributed by atoms with Crippen LogP contribution < -0.4 is 10.6 Å². The molecule has 1 aliphatic heterocycles. The fourth-order valence-corrected chi connectivity index (χ4v) is 5.54. The van der Waals surface area contributed by atoms with Gasteiger partial charge in [0.2, 0.25) is 0 Å². The number of allylic oxidation sites excluding steroid dienone is 1. The second kappa shape index (κ2) is 9.24. The smallest absolute Gasteiger partial charge is 0.327 e. The number of thiazole rings is 1. The second-order valence-corrected chi connectivity index (χ2v) is 9.39. The minimum atomic E-state index is -4.99. The van der Waals surface area contributed by atoms with Gasteiger partial charge in [0.25, 0.3) is 0 Å². The van der Waals surface area contributed by atoms with Crippen LogP contribution >= 0.6 is 11.3 Å². The molecule has 2 N–H and O–H groups in total. The minimum Gasteiger partial charge on any atom is -0.327 e. The first-order chi connectivity index (χ1) is 16.0. The summed E-state index contributed by atoms with van der Waals surface area (Å²) in [4.78, 5) is 17.0. The van der Waals surface area contributed by atoms with Crippen molar-refractivity contribution in [1.82, 2.24) is 15.6 Å². The third kappa shape index (κ3) is 5.08. The zero-order chi connectivity index (χ0) is 24.7. The average molecular weight is 504 g/mol. The Morgan fingerprint density at radius 2 is 1.62 bits per heavy atom. The number of benzene rings is 1. The van der Waals surface area contributed by atoms with E-state index in [1.54, 1.807) is 6.92 Å². The summed E-state index contributed by atoms with van der Waals surface area (Å²) in [5.74, 6) is 0.277. The molecular formula is C23H23F6N3OS. The van der Waals surface area contributed by atoms with Crippen LogP contribution in [0.2, 0.25) is 0 Å². The molecular weight excluding hydrogens is 480 g/mol. The third-order valence-corrected chi connectivity index (χ3v) is 7.12. The molecule has 2 amide bonds. The van der Waals surface area contributed by atoms with Crippen LogP contribution in [0.1, 0.15) is 84.8 Å². The summed E-state index contributed by atoms with van der Waals surface area (Å²) in [6, 6.07) is -0.498. The molecule has 0 saturated heterocycles. The molecule has 11 heteroatoms. The summed E-state index contributed by atoms with van der Waals surface area (Å²) in [6.45, 7) is 1.75. The van der Waals surface area contributed by atoms with Gasteiger partial charge in [-0.15, -0.1) is 11.3 Å². The Kier molecular flexibility index (Phi) is 6.67. The topological polar surface area (TPSA) is 54.0 Å². The number of rotatable bonds is 4. The van der Waals surface area contributed by atoms with Crippen LogP contribution in [0.15, 0.2) is 29.3 Å². The predicted octanol–water partition coefficient (Wildman–Crippen LogP) is 7.40. The number of amides is 2. The van der Waals surface area contributed by atoms with Gasteiger partial charge in [-0.05, 0) is 43.0 Å². The molecule has 34 heavy (non-hydrogen) atoms. The highest BCUT2D eigenvalue weighted by molar-refractivity contribution is 7.10. The first kappa shape index (κ1) is 24.6. The first-order valence-electron chi connectivity index (χ1n) is 11.0. The second-order valence-electron chi connectivity index (χ2n) is 8.53. The zero-order valence-electron chi connectivity index (χ0n) is 18.2.